The van der Waals surface area contributed by atoms with Crippen molar-refractivity contribution in [3.05, 3.63) is 29.0 Å². The molecule has 1 aromatic rings. The van der Waals surface area contributed by atoms with E-state index in [4.69, 9.17) is 17.3 Å². The number of likely N-dealkylation sites (N-methyl/N-ethyl adjacent to an activating group) is 2. The summed E-state index contributed by atoms with van der Waals surface area (Å²) in [6.45, 7) is 2.20. The molecular formula is C11H19ClFN3. The van der Waals surface area contributed by atoms with Gasteiger partial charge in [-0.1, -0.05) is 11.6 Å². The highest BCUT2D eigenvalue weighted by Gasteiger charge is 1.95. The molecule has 0 aromatic heterocycles. The highest BCUT2D eigenvalue weighted by atomic mass is 35.5. The van der Waals surface area contributed by atoms with Crippen LogP contribution in [0.4, 0.5) is 10.1 Å². The van der Waals surface area contributed by atoms with Gasteiger partial charge in [0.15, 0.2) is 0 Å². The Kier molecular flexibility index (Phi) is 7.89. The van der Waals surface area contributed by atoms with Gasteiger partial charge in [-0.05, 0) is 39.3 Å². The molecule has 0 heterocycles. The van der Waals surface area contributed by atoms with Crippen molar-refractivity contribution in [2.45, 2.75) is 0 Å². The average molecular weight is 248 g/mol. The summed E-state index contributed by atoms with van der Waals surface area (Å²) in [5.74, 6) is -0.439. The van der Waals surface area contributed by atoms with Crippen molar-refractivity contribution in [3.63, 3.8) is 0 Å². The standard InChI is InChI=1S/C6H5ClFN.C5H14N2/c7-5-3-4(9)1-2-6(5)8;1-6-4-5-7(2)3/h1-3H,9H2;6H,4-5H2,1-3H3. The molecule has 1 rings (SSSR count). The lowest BCUT2D eigenvalue weighted by Crippen LogP contribution is -2.23. The fourth-order valence-corrected chi connectivity index (χ4v) is 1.04. The van der Waals surface area contributed by atoms with Gasteiger partial charge in [0, 0.05) is 18.8 Å². The Hall–Kier alpha value is -0.840. The quantitative estimate of drug-likeness (QED) is 0.801. The molecule has 0 fully saturated rings. The average Bonchev–Trinajstić information content (AvgIpc) is 2.22. The van der Waals surface area contributed by atoms with Gasteiger partial charge < -0.3 is 16.0 Å². The highest BCUT2D eigenvalue weighted by Crippen LogP contribution is 2.16. The maximum absolute atomic E-state index is 12.3. The number of nitrogen functional groups attached to an aromatic ring is 1. The zero-order valence-electron chi connectivity index (χ0n) is 9.93. The molecular weight excluding hydrogens is 229 g/mol. The summed E-state index contributed by atoms with van der Waals surface area (Å²) in [5.41, 5.74) is 5.75. The number of nitrogens with zero attached hydrogens (tertiary/aromatic N) is 1. The second-order valence-electron chi connectivity index (χ2n) is 3.58. The molecule has 0 bridgehead atoms. The Morgan fingerprint density at radius 2 is 2.06 bits per heavy atom. The normalized spacial score (nSPS) is 9.88. The van der Waals surface area contributed by atoms with Crippen LogP contribution in [0.15, 0.2) is 18.2 Å². The number of benzene rings is 1. The van der Waals surface area contributed by atoms with E-state index in [1.807, 2.05) is 7.05 Å². The molecule has 3 N–H and O–H groups in total. The molecule has 0 aliphatic rings. The molecule has 0 aliphatic carbocycles. The van der Waals surface area contributed by atoms with E-state index in [9.17, 15) is 4.39 Å². The second kappa shape index (κ2) is 8.33. The van der Waals surface area contributed by atoms with Crippen LogP contribution in [0.25, 0.3) is 0 Å². The van der Waals surface area contributed by atoms with Crippen LogP contribution in [0.2, 0.25) is 5.02 Å². The Balaban J connectivity index is 0.000000293. The predicted octanol–water partition coefficient (Wildman–Crippen LogP) is 1.83. The third-order valence-corrected chi connectivity index (χ3v) is 2.04. The fraction of sp³-hybridized carbons (Fsp3) is 0.455. The van der Waals surface area contributed by atoms with Gasteiger partial charge in [-0.3, -0.25) is 0 Å². The Morgan fingerprint density at radius 1 is 1.44 bits per heavy atom. The van der Waals surface area contributed by atoms with E-state index in [2.05, 4.69) is 24.3 Å². The number of hydrogen-bond acceptors (Lipinski definition) is 3. The van der Waals surface area contributed by atoms with Crippen molar-refractivity contribution in [2.75, 3.05) is 40.0 Å². The van der Waals surface area contributed by atoms with Gasteiger partial charge in [-0.15, -0.1) is 0 Å². The zero-order valence-corrected chi connectivity index (χ0v) is 10.7. The van der Waals surface area contributed by atoms with Crippen molar-refractivity contribution in [1.82, 2.24) is 10.2 Å². The van der Waals surface area contributed by atoms with E-state index in [0.29, 0.717) is 5.69 Å². The van der Waals surface area contributed by atoms with Crippen molar-refractivity contribution in [2.24, 2.45) is 0 Å². The van der Waals surface area contributed by atoms with E-state index in [1.165, 1.54) is 18.2 Å². The van der Waals surface area contributed by atoms with Gasteiger partial charge in [-0.2, -0.15) is 0 Å². The first-order chi connectivity index (χ1) is 7.47. The summed E-state index contributed by atoms with van der Waals surface area (Å²) >= 11 is 5.36. The molecule has 0 spiro atoms. The molecule has 92 valence electrons. The van der Waals surface area contributed by atoms with Crippen LogP contribution < -0.4 is 11.1 Å². The molecule has 5 heteroatoms. The first-order valence-corrected chi connectivity index (χ1v) is 5.35. The number of nitrogens with one attached hydrogen (secondary N) is 1. The molecule has 0 saturated carbocycles. The largest absolute Gasteiger partial charge is 0.399 e. The minimum atomic E-state index is -0.439. The summed E-state index contributed by atoms with van der Waals surface area (Å²) in [7, 11) is 6.10. The Labute approximate surface area is 101 Å². The third-order valence-electron chi connectivity index (χ3n) is 1.75. The van der Waals surface area contributed by atoms with E-state index in [-0.39, 0.29) is 5.02 Å². The fourth-order valence-electron chi connectivity index (χ4n) is 0.848. The lowest BCUT2D eigenvalue weighted by atomic mass is 10.3. The Bertz CT molecular complexity index is 305. The van der Waals surface area contributed by atoms with Crippen LogP contribution >= 0.6 is 11.6 Å². The molecule has 0 radical (unpaired) electrons. The van der Waals surface area contributed by atoms with Crippen LogP contribution in [-0.4, -0.2) is 39.1 Å². The van der Waals surface area contributed by atoms with Crippen LogP contribution in [0.5, 0.6) is 0 Å². The molecule has 0 saturated heterocycles. The number of anilines is 1. The number of rotatable bonds is 3. The number of halogens is 2. The lowest BCUT2D eigenvalue weighted by molar-refractivity contribution is 0.407. The Morgan fingerprint density at radius 3 is 2.38 bits per heavy atom. The SMILES string of the molecule is CNCCN(C)C.Nc1ccc(F)c(Cl)c1. The first-order valence-electron chi connectivity index (χ1n) is 4.97. The van der Waals surface area contributed by atoms with Crippen LogP contribution in [-0.2, 0) is 0 Å². The van der Waals surface area contributed by atoms with Gasteiger partial charge >= 0.3 is 0 Å². The first kappa shape index (κ1) is 15.2. The van der Waals surface area contributed by atoms with Gasteiger partial charge in [0.2, 0.25) is 0 Å². The van der Waals surface area contributed by atoms with E-state index >= 15 is 0 Å². The lowest BCUT2D eigenvalue weighted by Gasteiger charge is -2.06. The van der Waals surface area contributed by atoms with Crippen LogP contribution in [0.3, 0.4) is 0 Å². The zero-order chi connectivity index (χ0) is 12.6. The smallest absolute Gasteiger partial charge is 0.141 e. The molecule has 3 nitrogen and oxygen atoms in total. The number of hydrogen-bond donors (Lipinski definition) is 2. The predicted molar refractivity (Wildman–Crippen MR) is 68.3 cm³/mol. The molecule has 0 atom stereocenters. The van der Waals surface area contributed by atoms with Gasteiger partial charge in [0.1, 0.15) is 5.82 Å². The molecule has 16 heavy (non-hydrogen) atoms. The summed E-state index contributed by atoms with van der Waals surface area (Å²) < 4.78 is 12.3. The summed E-state index contributed by atoms with van der Waals surface area (Å²) in [6, 6.07) is 4.07. The summed E-state index contributed by atoms with van der Waals surface area (Å²) in [6.07, 6.45) is 0. The van der Waals surface area contributed by atoms with Crippen LogP contribution in [0, 0.1) is 5.82 Å². The van der Waals surface area contributed by atoms with Crippen molar-refractivity contribution < 1.29 is 4.39 Å². The minimum Gasteiger partial charge on any atom is -0.399 e. The van der Waals surface area contributed by atoms with Crippen LogP contribution in [0.1, 0.15) is 0 Å². The van der Waals surface area contributed by atoms with E-state index < -0.39 is 5.82 Å². The van der Waals surface area contributed by atoms with Crippen molar-refractivity contribution in [3.8, 4) is 0 Å². The monoisotopic (exact) mass is 247 g/mol. The maximum Gasteiger partial charge on any atom is 0.141 e. The molecule has 0 amide bonds. The molecule has 0 aliphatic heterocycles. The highest BCUT2D eigenvalue weighted by molar-refractivity contribution is 6.31. The minimum absolute atomic E-state index is 0.0648. The topological polar surface area (TPSA) is 41.3 Å². The van der Waals surface area contributed by atoms with E-state index in [1.54, 1.807) is 0 Å². The van der Waals surface area contributed by atoms with E-state index in [0.717, 1.165) is 13.1 Å². The third kappa shape index (κ3) is 7.45. The summed E-state index contributed by atoms with van der Waals surface area (Å²) in [4.78, 5) is 2.15. The maximum atomic E-state index is 12.3. The van der Waals surface area contributed by atoms with Gasteiger partial charge in [0.25, 0.3) is 0 Å². The molecule has 0 unspecified atom stereocenters. The molecule has 1 aromatic carbocycles. The van der Waals surface area contributed by atoms with Crippen molar-refractivity contribution in [1.29, 1.82) is 0 Å². The van der Waals surface area contributed by atoms with Gasteiger partial charge in [-0.25, -0.2) is 4.39 Å². The van der Waals surface area contributed by atoms with Gasteiger partial charge in [0.05, 0.1) is 5.02 Å². The van der Waals surface area contributed by atoms with Crippen molar-refractivity contribution >= 4 is 17.3 Å². The number of nitrogens with two attached hydrogens (primary N) is 1. The summed E-state index contributed by atoms with van der Waals surface area (Å²) in [5, 5.41) is 3.12. The second-order valence-corrected chi connectivity index (χ2v) is 3.99.